The van der Waals surface area contributed by atoms with Crippen molar-refractivity contribution in [2.45, 2.75) is 32.2 Å². The third-order valence-electron chi connectivity index (χ3n) is 5.08. The second-order valence-corrected chi connectivity index (χ2v) is 9.08. The molecule has 3 rings (SSSR count). The minimum atomic E-state index is -3.05. The van der Waals surface area contributed by atoms with Gasteiger partial charge in [-0.1, -0.05) is 0 Å². The smallest absolute Gasteiger partial charge is 0.214 e. The summed E-state index contributed by atoms with van der Waals surface area (Å²) in [6.45, 7) is 7.14. The zero-order valence-corrected chi connectivity index (χ0v) is 19.6. The van der Waals surface area contributed by atoms with Crippen LogP contribution in [0.3, 0.4) is 0 Å². The van der Waals surface area contributed by atoms with E-state index < -0.39 is 10.0 Å². The lowest BCUT2D eigenvalue weighted by Gasteiger charge is -2.24. The van der Waals surface area contributed by atoms with E-state index in [2.05, 4.69) is 15.5 Å². The normalized spacial score (nSPS) is 21.4. The number of furan rings is 1. The fourth-order valence-electron chi connectivity index (χ4n) is 3.68. The molecule has 2 N–H and O–H groups in total. The van der Waals surface area contributed by atoms with Crippen LogP contribution in [0.1, 0.15) is 38.0 Å². The summed E-state index contributed by atoms with van der Waals surface area (Å²) in [4.78, 5) is 7.16. The molecule has 0 saturated carbocycles. The fourth-order valence-corrected chi connectivity index (χ4v) is 5.21. The maximum atomic E-state index is 11.9. The molecule has 0 bridgehead atoms. The number of nitrogens with zero attached hydrogens (tertiary/aromatic N) is 3. The van der Waals surface area contributed by atoms with E-state index in [1.54, 1.807) is 10.6 Å². The SMILES string of the molecule is CCNC(=NCC(c1ccco1)N1CCCC1)NCCN1CCCS1(=O)=O.I. The fraction of sp³-hybridized carbons (Fsp3) is 0.722. The van der Waals surface area contributed by atoms with Crippen LogP contribution in [-0.4, -0.2) is 75.1 Å². The Morgan fingerprint density at radius 3 is 2.64 bits per heavy atom. The molecule has 0 aromatic carbocycles. The summed E-state index contributed by atoms with van der Waals surface area (Å²) in [5, 5.41) is 6.50. The van der Waals surface area contributed by atoms with Crippen LogP contribution in [0.2, 0.25) is 0 Å². The van der Waals surface area contributed by atoms with Crippen molar-refractivity contribution in [3.8, 4) is 0 Å². The van der Waals surface area contributed by atoms with Gasteiger partial charge < -0.3 is 15.1 Å². The van der Waals surface area contributed by atoms with E-state index in [1.807, 2.05) is 19.1 Å². The number of guanidine groups is 1. The largest absolute Gasteiger partial charge is 0.468 e. The summed E-state index contributed by atoms with van der Waals surface area (Å²) in [6, 6.07) is 4.07. The second-order valence-electron chi connectivity index (χ2n) is 6.99. The Hall–Kier alpha value is -0.850. The molecule has 10 heteroatoms. The van der Waals surface area contributed by atoms with Crippen molar-refractivity contribution in [2.24, 2.45) is 4.99 Å². The van der Waals surface area contributed by atoms with Crippen molar-refractivity contribution in [3.63, 3.8) is 0 Å². The van der Waals surface area contributed by atoms with Gasteiger partial charge in [0.25, 0.3) is 0 Å². The van der Waals surface area contributed by atoms with Gasteiger partial charge in [0.1, 0.15) is 5.76 Å². The Kier molecular flexibility index (Phi) is 9.51. The van der Waals surface area contributed by atoms with E-state index in [4.69, 9.17) is 9.41 Å². The Labute approximate surface area is 185 Å². The first kappa shape index (κ1) is 23.4. The minimum Gasteiger partial charge on any atom is -0.468 e. The lowest BCUT2D eigenvalue weighted by atomic mass is 10.2. The van der Waals surface area contributed by atoms with E-state index in [9.17, 15) is 8.42 Å². The van der Waals surface area contributed by atoms with Crippen molar-refractivity contribution >= 4 is 40.0 Å². The maximum absolute atomic E-state index is 11.9. The third-order valence-corrected chi connectivity index (χ3v) is 7.03. The standard InChI is InChI=1S/C18H31N5O3S.HI/c1-2-19-18(20-8-12-23-11-6-14-27(23,24)25)21-15-16(17-7-5-13-26-17)22-9-3-4-10-22;/h5,7,13,16H,2-4,6,8-12,14-15H2,1H3,(H2,19,20,21);1H. The molecular formula is C18H32IN5O3S. The molecule has 1 aromatic heterocycles. The Morgan fingerprint density at radius 1 is 1.25 bits per heavy atom. The summed E-state index contributed by atoms with van der Waals surface area (Å²) in [5.74, 6) is 1.92. The molecular weight excluding hydrogens is 493 g/mol. The molecule has 1 unspecified atom stereocenters. The first-order chi connectivity index (χ1) is 13.1. The molecule has 3 heterocycles. The highest BCUT2D eigenvalue weighted by Gasteiger charge is 2.28. The second kappa shape index (κ2) is 11.4. The van der Waals surface area contributed by atoms with Crippen LogP contribution in [0.15, 0.2) is 27.8 Å². The van der Waals surface area contributed by atoms with Crippen LogP contribution in [0.4, 0.5) is 0 Å². The van der Waals surface area contributed by atoms with Crippen molar-refractivity contribution in [2.75, 3.05) is 51.6 Å². The van der Waals surface area contributed by atoms with Crippen molar-refractivity contribution in [1.82, 2.24) is 19.8 Å². The average molecular weight is 525 g/mol. The van der Waals surface area contributed by atoms with E-state index >= 15 is 0 Å². The first-order valence-corrected chi connectivity index (χ1v) is 11.5. The van der Waals surface area contributed by atoms with Gasteiger partial charge in [-0.05, 0) is 51.4 Å². The topological polar surface area (TPSA) is 90.2 Å². The molecule has 1 aromatic rings. The predicted molar refractivity (Wildman–Crippen MR) is 122 cm³/mol. The highest BCUT2D eigenvalue weighted by molar-refractivity contribution is 14.0. The monoisotopic (exact) mass is 525 g/mol. The molecule has 0 amide bonds. The molecule has 28 heavy (non-hydrogen) atoms. The third kappa shape index (κ3) is 6.33. The van der Waals surface area contributed by atoms with Crippen LogP contribution in [0, 0.1) is 0 Å². The molecule has 0 radical (unpaired) electrons. The van der Waals surface area contributed by atoms with E-state index in [-0.39, 0.29) is 35.8 Å². The number of nitrogens with one attached hydrogen (secondary N) is 2. The summed E-state index contributed by atoms with van der Waals surface area (Å²) in [7, 11) is -3.05. The van der Waals surface area contributed by atoms with Crippen LogP contribution in [0.5, 0.6) is 0 Å². The number of hydrogen-bond donors (Lipinski definition) is 2. The van der Waals surface area contributed by atoms with Gasteiger partial charge in [0, 0.05) is 26.2 Å². The van der Waals surface area contributed by atoms with Gasteiger partial charge in [-0.15, -0.1) is 24.0 Å². The Balaban J connectivity index is 0.00000280. The lowest BCUT2D eigenvalue weighted by molar-refractivity contribution is 0.221. The number of rotatable bonds is 8. The van der Waals surface area contributed by atoms with Gasteiger partial charge in [-0.2, -0.15) is 0 Å². The summed E-state index contributed by atoms with van der Waals surface area (Å²) >= 11 is 0. The van der Waals surface area contributed by atoms with Crippen molar-refractivity contribution in [3.05, 3.63) is 24.2 Å². The van der Waals surface area contributed by atoms with Gasteiger partial charge >= 0.3 is 0 Å². The average Bonchev–Trinajstić information content (AvgIpc) is 3.38. The summed E-state index contributed by atoms with van der Waals surface area (Å²) < 4.78 is 31.0. The number of halogens is 1. The Bertz CT molecular complexity index is 705. The number of aliphatic imine (C=N–C) groups is 1. The quantitative estimate of drug-likeness (QED) is 0.305. The van der Waals surface area contributed by atoms with Crippen molar-refractivity contribution in [1.29, 1.82) is 0 Å². The molecule has 1 atom stereocenters. The van der Waals surface area contributed by atoms with Crippen LogP contribution >= 0.6 is 24.0 Å². The lowest BCUT2D eigenvalue weighted by Crippen LogP contribution is -2.42. The number of hydrogen-bond acceptors (Lipinski definition) is 5. The highest BCUT2D eigenvalue weighted by Crippen LogP contribution is 2.25. The number of sulfonamides is 1. The van der Waals surface area contributed by atoms with E-state index in [0.29, 0.717) is 32.1 Å². The maximum Gasteiger partial charge on any atom is 0.214 e. The van der Waals surface area contributed by atoms with Crippen LogP contribution < -0.4 is 10.6 Å². The van der Waals surface area contributed by atoms with Crippen LogP contribution in [0.25, 0.3) is 0 Å². The Morgan fingerprint density at radius 2 is 2.04 bits per heavy atom. The van der Waals surface area contributed by atoms with Crippen molar-refractivity contribution < 1.29 is 12.8 Å². The van der Waals surface area contributed by atoms with Crippen LogP contribution in [-0.2, 0) is 10.0 Å². The minimum absolute atomic E-state index is 0. The molecule has 2 saturated heterocycles. The van der Waals surface area contributed by atoms with Gasteiger partial charge in [0.05, 0.1) is 24.6 Å². The van der Waals surface area contributed by atoms with Gasteiger partial charge in [-0.25, -0.2) is 12.7 Å². The number of likely N-dealkylation sites (tertiary alicyclic amines) is 1. The molecule has 2 fully saturated rings. The van der Waals surface area contributed by atoms with Gasteiger partial charge in [-0.3, -0.25) is 9.89 Å². The molecule has 2 aliphatic heterocycles. The molecule has 0 aliphatic carbocycles. The molecule has 2 aliphatic rings. The van der Waals surface area contributed by atoms with E-state index in [1.165, 1.54) is 12.8 Å². The summed E-state index contributed by atoms with van der Waals surface area (Å²) in [5.41, 5.74) is 0. The van der Waals surface area contributed by atoms with E-state index in [0.717, 1.165) is 31.8 Å². The molecule has 8 nitrogen and oxygen atoms in total. The first-order valence-electron chi connectivity index (χ1n) is 9.87. The van der Waals surface area contributed by atoms with Gasteiger partial charge in [0.2, 0.25) is 10.0 Å². The zero-order valence-electron chi connectivity index (χ0n) is 16.5. The zero-order chi connectivity index (χ0) is 19.1. The predicted octanol–water partition coefficient (Wildman–Crippen LogP) is 1.63. The summed E-state index contributed by atoms with van der Waals surface area (Å²) in [6.07, 6.45) is 4.85. The van der Waals surface area contributed by atoms with Gasteiger partial charge in [0.15, 0.2) is 5.96 Å². The molecule has 0 spiro atoms. The highest BCUT2D eigenvalue weighted by atomic mass is 127. The molecule has 160 valence electrons.